The number of phosphoric ester groups is 1. The highest BCUT2D eigenvalue weighted by Crippen LogP contribution is 2.43. The largest absolute Gasteiger partial charge is 0.472 e. The van der Waals surface area contributed by atoms with Gasteiger partial charge in [0.05, 0.1) is 27.7 Å². The second kappa shape index (κ2) is 11.6. The van der Waals surface area contributed by atoms with E-state index in [9.17, 15) is 9.46 Å². The van der Waals surface area contributed by atoms with Crippen molar-refractivity contribution < 1.29 is 23.0 Å². The first kappa shape index (κ1) is 21.1. The fraction of sp³-hybridized carbons (Fsp3) is 1.00. The maximum absolute atomic E-state index is 11.6. The number of likely N-dealkylation sites (N-methyl/N-ethyl adjacent to an activating group) is 1. The van der Waals surface area contributed by atoms with Crippen LogP contribution in [0, 0.1) is 0 Å². The van der Waals surface area contributed by atoms with Crippen LogP contribution in [0.2, 0.25) is 0 Å². The van der Waals surface area contributed by atoms with Gasteiger partial charge in [-0.2, -0.15) is 0 Å². The quantitative estimate of drug-likeness (QED) is 0.298. The summed E-state index contributed by atoms with van der Waals surface area (Å²) >= 11 is 0. The molecule has 1 unspecified atom stereocenters. The Morgan fingerprint density at radius 3 is 1.86 bits per heavy atom. The summed E-state index contributed by atoms with van der Waals surface area (Å²) in [5, 5.41) is 0. The van der Waals surface area contributed by atoms with Crippen LogP contribution in [0.5, 0.6) is 0 Å². The molecule has 0 radical (unpaired) electrons. The van der Waals surface area contributed by atoms with E-state index in [2.05, 4.69) is 6.92 Å². The van der Waals surface area contributed by atoms with E-state index in [4.69, 9.17) is 9.05 Å². The summed E-state index contributed by atoms with van der Waals surface area (Å²) in [5.74, 6) is 0. The molecule has 1 N–H and O–H groups in total. The first-order valence-corrected chi connectivity index (χ1v) is 9.69. The predicted molar refractivity (Wildman–Crippen MR) is 87.2 cm³/mol. The molecule has 21 heavy (non-hydrogen) atoms. The van der Waals surface area contributed by atoms with Gasteiger partial charge in [0.25, 0.3) is 0 Å². The van der Waals surface area contributed by atoms with Gasteiger partial charge in [-0.15, -0.1) is 0 Å². The molecule has 1 atom stereocenters. The van der Waals surface area contributed by atoms with Gasteiger partial charge in [-0.25, -0.2) is 4.57 Å². The van der Waals surface area contributed by atoms with E-state index in [-0.39, 0.29) is 6.61 Å². The standard InChI is InChI=1S/C15H34NO4P/c1-5-6-7-8-9-10-11-12-14-19-21(17,18)20-15-13-16(2,3)4/h5-15H2,1-4H3/p+1. The van der Waals surface area contributed by atoms with Gasteiger partial charge in [-0.3, -0.25) is 9.05 Å². The Morgan fingerprint density at radius 2 is 1.33 bits per heavy atom. The lowest BCUT2D eigenvalue weighted by Gasteiger charge is -2.24. The Hall–Kier alpha value is 0.0700. The van der Waals surface area contributed by atoms with Gasteiger partial charge in [-0.1, -0.05) is 51.9 Å². The maximum Gasteiger partial charge on any atom is 0.472 e. The summed E-state index contributed by atoms with van der Waals surface area (Å²) in [6.07, 6.45) is 9.49. The number of nitrogens with zero attached hydrogens (tertiary/aromatic N) is 1. The zero-order chi connectivity index (χ0) is 16.2. The van der Waals surface area contributed by atoms with Crippen LogP contribution in [0.3, 0.4) is 0 Å². The van der Waals surface area contributed by atoms with E-state index in [1.165, 1.54) is 38.5 Å². The fourth-order valence-corrected chi connectivity index (χ4v) is 2.63. The smallest absolute Gasteiger partial charge is 0.329 e. The van der Waals surface area contributed by atoms with Gasteiger partial charge in [-0.05, 0) is 6.42 Å². The van der Waals surface area contributed by atoms with Crippen LogP contribution in [0.25, 0.3) is 0 Å². The number of hydrogen-bond acceptors (Lipinski definition) is 3. The Kier molecular flexibility index (Phi) is 11.7. The van der Waals surface area contributed by atoms with E-state index in [1.807, 2.05) is 21.1 Å². The van der Waals surface area contributed by atoms with Crippen LogP contribution in [0.4, 0.5) is 0 Å². The molecule has 0 amide bonds. The third-order valence-corrected chi connectivity index (χ3v) is 4.29. The van der Waals surface area contributed by atoms with Crippen molar-refractivity contribution >= 4 is 7.82 Å². The van der Waals surface area contributed by atoms with Gasteiger partial charge < -0.3 is 9.38 Å². The van der Waals surface area contributed by atoms with Crippen molar-refractivity contribution in [3.05, 3.63) is 0 Å². The van der Waals surface area contributed by atoms with Crippen molar-refractivity contribution in [1.82, 2.24) is 0 Å². The lowest BCUT2D eigenvalue weighted by molar-refractivity contribution is -0.870. The van der Waals surface area contributed by atoms with Gasteiger partial charge in [0.1, 0.15) is 13.2 Å². The predicted octanol–water partition coefficient (Wildman–Crippen LogP) is 3.97. The van der Waals surface area contributed by atoms with Crippen molar-refractivity contribution in [2.45, 2.75) is 58.3 Å². The molecule has 0 aliphatic heterocycles. The number of phosphoric acid groups is 1. The van der Waals surface area contributed by atoms with E-state index in [0.29, 0.717) is 17.6 Å². The van der Waals surface area contributed by atoms with Crippen molar-refractivity contribution in [2.75, 3.05) is 40.9 Å². The van der Waals surface area contributed by atoms with Crippen LogP contribution in [0.1, 0.15) is 58.3 Å². The summed E-state index contributed by atoms with van der Waals surface area (Å²) in [6.45, 7) is 3.42. The van der Waals surface area contributed by atoms with Crippen molar-refractivity contribution in [2.24, 2.45) is 0 Å². The normalized spacial score (nSPS) is 15.1. The first-order valence-electron chi connectivity index (χ1n) is 8.19. The van der Waals surface area contributed by atoms with E-state index in [0.717, 1.165) is 12.8 Å². The molecule has 0 aromatic rings. The zero-order valence-electron chi connectivity index (χ0n) is 14.3. The fourth-order valence-electron chi connectivity index (χ4n) is 1.88. The van der Waals surface area contributed by atoms with Crippen molar-refractivity contribution in [3.63, 3.8) is 0 Å². The molecular formula is C15H35NO4P+. The zero-order valence-corrected chi connectivity index (χ0v) is 15.2. The average molecular weight is 324 g/mol. The number of unbranched alkanes of at least 4 members (excludes halogenated alkanes) is 7. The highest BCUT2D eigenvalue weighted by atomic mass is 31.2. The molecule has 0 aromatic heterocycles. The maximum atomic E-state index is 11.6. The molecule has 0 bridgehead atoms. The van der Waals surface area contributed by atoms with Gasteiger partial charge in [0.2, 0.25) is 0 Å². The molecule has 6 heteroatoms. The molecular weight excluding hydrogens is 289 g/mol. The Balaban J connectivity index is 3.47. The highest BCUT2D eigenvalue weighted by molar-refractivity contribution is 7.47. The molecule has 5 nitrogen and oxygen atoms in total. The van der Waals surface area contributed by atoms with Crippen LogP contribution in [0.15, 0.2) is 0 Å². The van der Waals surface area contributed by atoms with E-state index in [1.54, 1.807) is 0 Å². The minimum Gasteiger partial charge on any atom is -0.329 e. The summed E-state index contributed by atoms with van der Waals surface area (Å²) < 4.78 is 22.2. The molecule has 0 aromatic carbocycles. The Labute approximate surface area is 130 Å². The van der Waals surface area contributed by atoms with Crippen LogP contribution in [-0.4, -0.2) is 50.3 Å². The van der Waals surface area contributed by atoms with Crippen LogP contribution >= 0.6 is 7.82 Å². The highest BCUT2D eigenvalue weighted by Gasteiger charge is 2.21. The lowest BCUT2D eigenvalue weighted by Crippen LogP contribution is -2.37. The Morgan fingerprint density at radius 1 is 0.857 bits per heavy atom. The minimum absolute atomic E-state index is 0.231. The van der Waals surface area contributed by atoms with Gasteiger partial charge in [0.15, 0.2) is 0 Å². The molecule has 0 saturated heterocycles. The molecule has 0 aliphatic carbocycles. The second-order valence-corrected chi connectivity index (χ2v) is 8.08. The number of rotatable bonds is 14. The third-order valence-electron chi connectivity index (χ3n) is 3.27. The number of hydrogen-bond donors (Lipinski definition) is 1. The van der Waals surface area contributed by atoms with Crippen molar-refractivity contribution in [3.8, 4) is 0 Å². The number of quaternary nitrogens is 1. The van der Waals surface area contributed by atoms with Gasteiger partial charge in [0, 0.05) is 0 Å². The van der Waals surface area contributed by atoms with Crippen molar-refractivity contribution in [1.29, 1.82) is 0 Å². The van der Waals surface area contributed by atoms with Crippen LogP contribution < -0.4 is 0 Å². The average Bonchev–Trinajstić information content (AvgIpc) is 2.35. The topological polar surface area (TPSA) is 55.8 Å². The first-order chi connectivity index (χ1) is 9.77. The Bertz CT molecular complexity index is 292. The molecule has 0 spiro atoms. The molecule has 0 saturated carbocycles. The lowest BCUT2D eigenvalue weighted by atomic mass is 10.1. The SMILES string of the molecule is CCCCCCCCCCOP(=O)(O)OCC[N+](C)(C)C. The van der Waals surface area contributed by atoms with Gasteiger partial charge >= 0.3 is 7.82 Å². The summed E-state index contributed by atoms with van der Waals surface area (Å²) in [4.78, 5) is 9.52. The molecule has 0 heterocycles. The molecule has 0 fully saturated rings. The van der Waals surface area contributed by atoms with Crippen LogP contribution in [-0.2, 0) is 13.6 Å². The third kappa shape index (κ3) is 16.3. The molecule has 0 aliphatic rings. The second-order valence-electron chi connectivity index (χ2n) is 6.62. The summed E-state index contributed by atoms with van der Waals surface area (Å²) in [5.41, 5.74) is 0. The molecule has 0 rings (SSSR count). The monoisotopic (exact) mass is 324 g/mol. The van der Waals surface area contributed by atoms with E-state index < -0.39 is 7.82 Å². The summed E-state index contributed by atoms with van der Waals surface area (Å²) in [6, 6.07) is 0. The minimum atomic E-state index is -3.86. The summed E-state index contributed by atoms with van der Waals surface area (Å²) in [7, 11) is 2.16. The van der Waals surface area contributed by atoms with E-state index >= 15 is 0 Å². The molecule has 128 valence electrons.